The second-order valence-electron chi connectivity index (χ2n) is 6.66. The van der Waals surface area contributed by atoms with Crippen molar-refractivity contribution in [1.29, 1.82) is 0 Å². The van der Waals surface area contributed by atoms with Crippen LogP contribution < -0.4 is 4.72 Å². The van der Waals surface area contributed by atoms with Gasteiger partial charge in [0.15, 0.2) is 4.90 Å². The molecule has 0 bridgehead atoms. The smallest absolute Gasteiger partial charge is 0.247 e. The van der Waals surface area contributed by atoms with Crippen molar-refractivity contribution < 1.29 is 21.6 Å². The number of nitrogens with zero attached hydrogens (tertiary/aromatic N) is 2. The van der Waals surface area contributed by atoms with E-state index in [1.807, 2.05) is 18.2 Å². The number of rotatable bonds is 6. The SMILES string of the molecule is O=S(=O)(N[C@H](Cn1cnc2ccccc21)c1ccc(F)cc1)c1c(F)cccc1F. The van der Waals surface area contributed by atoms with Crippen LogP contribution in [0.3, 0.4) is 0 Å². The van der Waals surface area contributed by atoms with Crippen molar-refractivity contribution in [3.8, 4) is 0 Å². The first-order chi connectivity index (χ1) is 14.3. The molecule has 3 aromatic carbocycles. The first-order valence-electron chi connectivity index (χ1n) is 8.97. The molecule has 0 spiro atoms. The molecule has 0 saturated heterocycles. The highest BCUT2D eigenvalue weighted by Gasteiger charge is 2.28. The molecule has 0 amide bonds. The number of para-hydroxylation sites is 2. The topological polar surface area (TPSA) is 64.0 Å². The van der Waals surface area contributed by atoms with Gasteiger partial charge < -0.3 is 4.57 Å². The van der Waals surface area contributed by atoms with Gasteiger partial charge in [0.2, 0.25) is 10.0 Å². The number of aromatic nitrogens is 2. The molecule has 0 radical (unpaired) electrons. The number of fused-ring (bicyclic) bond motifs is 1. The quantitative estimate of drug-likeness (QED) is 0.498. The van der Waals surface area contributed by atoms with Crippen LogP contribution in [0, 0.1) is 17.5 Å². The summed E-state index contributed by atoms with van der Waals surface area (Å²) in [5, 5.41) is 0. The lowest BCUT2D eigenvalue weighted by Gasteiger charge is -2.21. The van der Waals surface area contributed by atoms with Gasteiger partial charge in [0.25, 0.3) is 0 Å². The molecule has 0 aliphatic rings. The van der Waals surface area contributed by atoms with Crippen LogP contribution in [0.2, 0.25) is 0 Å². The van der Waals surface area contributed by atoms with Crippen molar-refractivity contribution >= 4 is 21.1 Å². The fraction of sp³-hybridized carbons (Fsp3) is 0.0952. The van der Waals surface area contributed by atoms with Crippen molar-refractivity contribution in [3.63, 3.8) is 0 Å². The van der Waals surface area contributed by atoms with E-state index in [9.17, 15) is 21.6 Å². The van der Waals surface area contributed by atoms with Crippen LogP contribution >= 0.6 is 0 Å². The molecule has 1 aromatic heterocycles. The Morgan fingerprint density at radius 3 is 2.27 bits per heavy atom. The Bertz CT molecular complexity index is 1280. The van der Waals surface area contributed by atoms with Crippen molar-refractivity contribution in [1.82, 2.24) is 14.3 Å². The molecule has 1 N–H and O–H groups in total. The molecule has 0 unspecified atom stereocenters. The van der Waals surface area contributed by atoms with Gasteiger partial charge in [0.05, 0.1) is 23.4 Å². The van der Waals surface area contributed by atoms with E-state index in [0.29, 0.717) is 11.1 Å². The minimum absolute atomic E-state index is 0.0709. The number of halogens is 3. The summed E-state index contributed by atoms with van der Waals surface area (Å²) in [5.41, 5.74) is 1.88. The molecule has 30 heavy (non-hydrogen) atoms. The van der Waals surface area contributed by atoms with Gasteiger partial charge in [0.1, 0.15) is 17.5 Å². The summed E-state index contributed by atoms with van der Waals surface area (Å²) in [6, 6.07) is 14.3. The third kappa shape index (κ3) is 3.94. The molecule has 154 valence electrons. The second-order valence-corrected chi connectivity index (χ2v) is 8.31. The average Bonchev–Trinajstić information content (AvgIpc) is 3.10. The van der Waals surface area contributed by atoms with Crippen LogP contribution in [0.1, 0.15) is 11.6 Å². The van der Waals surface area contributed by atoms with E-state index >= 15 is 0 Å². The van der Waals surface area contributed by atoms with E-state index in [-0.39, 0.29) is 6.54 Å². The number of sulfonamides is 1. The lowest BCUT2D eigenvalue weighted by atomic mass is 10.1. The summed E-state index contributed by atoms with van der Waals surface area (Å²) in [6.45, 7) is 0.0709. The highest BCUT2D eigenvalue weighted by atomic mass is 32.2. The van der Waals surface area contributed by atoms with Crippen molar-refractivity contribution in [2.24, 2.45) is 0 Å². The Labute approximate surface area is 170 Å². The van der Waals surface area contributed by atoms with Gasteiger partial charge in [-0.15, -0.1) is 0 Å². The Balaban J connectivity index is 1.75. The molecular weight excluding hydrogens is 415 g/mol. The van der Waals surface area contributed by atoms with Gasteiger partial charge in [-0.2, -0.15) is 0 Å². The summed E-state index contributed by atoms with van der Waals surface area (Å²) >= 11 is 0. The van der Waals surface area contributed by atoms with Crippen LogP contribution in [0.15, 0.2) is 78.0 Å². The van der Waals surface area contributed by atoms with Crippen molar-refractivity contribution in [2.45, 2.75) is 17.5 Å². The number of hydrogen-bond donors (Lipinski definition) is 1. The van der Waals surface area contributed by atoms with Gasteiger partial charge in [-0.1, -0.05) is 30.3 Å². The van der Waals surface area contributed by atoms with Gasteiger partial charge >= 0.3 is 0 Å². The van der Waals surface area contributed by atoms with E-state index in [1.165, 1.54) is 24.3 Å². The first-order valence-corrected chi connectivity index (χ1v) is 10.4. The monoisotopic (exact) mass is 431 g/mol. The lowest BCUT2D eigenvalue weighted by Crippen LogP contribution is -2.32. The van der Waals surface area contributed by atoms with E-state index in [4.69, 9.17) is 0 Å². The number of nitrogens with one attached hydrogen (secondary N) is 1. The van der Waals surface area contributed by atoms with Gasteiger partial charge in [-0.25, -0.2) is 31.3 Å². The zero-order valence-electron chi connectivity index (χ0n) is 15.5. The van der Waals surface area contributed by atoms with Crippen LogP contribution in [0.4, 0.5) is 13.2 Å². The standard InChI is InChI=1S/C21H16F3N3O2S/c22-15-10-8-14(9-11-15)19(12-27-13-25-18-6-1-2-7-20(18)27)26-30(28,29)21-16(23)4-3-5-17(21)24/h1-11,13,19,26H,12H2/t19-/m1/s1. The molecule has 4 rings (SSSR count). The maximum Gasteiger partial charge on any atom is 0.247 e. The molecule has 5 nitrogen and oxygen atoms in total. The normalized spacial score (nSPS) is 12.9. The van der Waals surface area contributed by atoms with Crippen LogP contribution in [-0.4, -0.2) is 18.0 Å². The summed E-state index contributed by atoms with van der Waals surface area (Å²) in [7, 11) is -4.56. The molecule has 9 heteroatoms. The first kappa shape index (κ1) is 20.1. The zero-order valence-corrected chi connectivity index (χ0v) is 16.3. The highest BCUT2D eigenvalue weighted by molar-refractivity contribution is 7.89. The molecular formula is C21H16F3N3O2S. The Kier molecular flexibility index (Phi) is 5.31. The summed E-state index contributed by atoms with van der Waals surface area (Å²) in [6.07, 6.45) is 1.54. The fourth-order valence-corrected chi connectivity index (χ4v) is 4.60. The third-order valence-electron chi connectivity index (χ3n) is 4.66. The van der Waals surface area contributed by atoms with Crippen molar-refractivity contribution in [2.75, 3.05) is 0 Å². The van der Waals surface area contributed by atoms with E-state index in [0.717, 1.165) is 23.7 Å². The van der Waals surface area contributed by atoms with Crippen LogP contribution in [0.5, 0.6) is 0 Å². The van der Waals surface area contributed by atoms with E-state index in [1.54, 1.807) is 17.0 Å². The Hall–Kier alpha value is -3.17. The largest absolute Gasteiger partial charge is 0.329 e. The molecule has 0 aliphatic carbocycles. The molecule has 4 aromatic rings. The minimum atomic E-state index is -4.56. The molecule has 0 saturated carbocycles. The van der Waals surface area contributed by atoms with Crippen LogP contribution in [0.25, 0.3) is 11.0 Å². The number of hydrogen-bond acceptors (Lipinski definition) is 3. The molecule has 0 aliphatic heterocycles. The highest BCUT2D eigenvalue weighted by Crippen LogP contribution is 2.24. The third-order valence-corrected chi connectivity index (χ3v) is 6.19. The van der Waals surface area contributed by atoms with Crippen LogP contribution in [-0.2, 0) is 16.6 Å². The predicted octanol–water partition coefficient (Wildman–Crippen LogP) is 4.17. The predicted molar refractivity (Wildman–Crippen MR) is 106 cm³/mol. The Morgan fingerprint density at radius 1 is 0.900 bits per heavy atom. The molecule has 1 heterocycles. The maximum absolute atomic E-state index is 14.1. The number of imidazole rings is 1. The van der Waals surface area contributed by atoms with Gasteiger partial charge in [-0.3, -0.25) is 0 Å². The van der Waals surface area contributed by atoms with Gasteiger partial charge in [0, 0.05) is 6.54 Å². The fourth-order valence-electron chi connectivity index (χ4n) is 3.24. The second kappa shape index (κ2) is 7.92. The Morgan fingerprint density at radius 2 is 1.57 bits per heavy atom. The minimum Gasteiger partial charge on any atom is -0.329 e. The number of benzene rings is 3. The molecule has 0 fully saturated rings. The lowest BCUT2D eigenvalue weighted by molar-refractivity contribution is 0.491. The van der Waals surface area contributed by atoms with E-state index < -0.39 is 38.4 Å². The van der Waals surface area contributed by atoms with Crippen molar-refractivity contribution in [3.05, 3.63) is 96.1 Å². The summed E-state index contributed by atoms with van der Waals surface area (Å²) in [5.74, 6) is -2.89. The van der Waals surface area contributed by atoms with E-state index in [2.05, 4.69) is 9.71 Å². The zero-order chi connectivity index (χ0) is 21.3. The summed E-state index contributed by atoms with van der Waals surface area (Å²) < 4.78 is 71.3. The molecule has 1 atom stereocenters. The van der Waals surface area contributed by atoms with Gasteiger partial charge in [-0.05, 0) is 42.0 Å². The maximum atomic E-state index is 14.1. The average molecular weight is 431 g/mol. The summed E-state index contributed by atoms with van der Waals surface area (Å²) in [4.78, 5) is 3.21.